The molecule has 92 valence electrons. The molecule has 18 heavy (non-hydrogen) atoms. The summed E-state index contributed by atoms with van der Waals surface area (Å²) in [4.78, 5) is 16.1. The molecule has 1 aliphatic rings. The Morgan fingerprint density at radius 3 is 3.00 bits per heavy atom. The van der Waals surface area contributed by atoms with Crippen LogP contribution in [0.3, 0.4) is 0 Å². The molecule has 0 bridgehead atoms. The maximum atomic E-state index is 11.7. The second-order valence-corrected chi connectivity index (χ2v) is 4.70. The summed E-state index contributed by atoms with van der Waals surface area (Å²) in [5.74, 6) is 0.814. The van der Waals surface area contributed by atoms with Gasteiger partial charge in [0.05, 0.1) is 12.1 Å². The summed E-state index contributed by atoms with van der Waals surface area (Å²) in [6.07, 6.45) is 1.82. The molecule has 4 nitrogen and oxygen atoms in total. The van der Waals surface area contributed by atoms with Gasteiger partial charge in [-0.25, -0.2) is 0 Å². The van der Waals surface area contributed by atoms with Crippen LogP contribution in [0.1, 0.15) is 17.3 Å². The van der Waals surface area contributed by atoms with Gasteiger partial charge in [0.1, 0.15) is 0 Å². The van der Waals surface area contributed by atoms with Crippen molar-refractivity contribution in [2.75, 3.05) is 13.1 Å². The van der Waals surface area contributed by atoms with E-state index in [1.165, 1.54) is 0 Å². The number of nitrogens with zero attached hydrogens (tertiary/aromatic N) is 2. The van der Waals surface area contributed by atoms with Crippen molar-refractivity contribution >= 4 is 34.2 Å². The van der Waals surface area contributed by atoms with Gasteiger partial charge in [-0.3, -0.25) is 14.4 Å². The van der Waals surface area contributed by atoms with Crippen LogP contribution >= 0.6 is 11.6 Å². The number of hydrogen-bond acceptors (Lipinski definition) is 3. The van der Waals surface area contributed by atoms with E-state index in [1.54, 1.807) is 6.92 Å². The van der Waals surface area contributed by atoms with E-state index in [9.17, 15) is 4.79 Å². The Balaban J connectivity index is 2.29. The lowest BCUT2D eigenvalue weighted by atomic mass is 10.1. The summed E-state index contributed by atoms with van der Waals surface area (Å²) in [5.41, 5.74) is 1.61. The number of fused-ring (bicyclic) bond motifs is 1. The first-order valence-electron chi connectivity index (χ1n) is 5.77. The van der Waals surface area contributed by atoms with Crippen molar-refractivity contribution in [1.82, 2.24) is 9.88 Å². The Morgan fingerprint density at radius 2 is 2.33 bits per heavy atom. The van der Waals surface area contributed by atoms with Gasteiger partial charge in [0.2, 0.25) is 5.96 Å². The number of Topliss-reactive ketones (excluding diaryl/α,β-unsaturated/α-hetero) is 1. The zero-order valence-electron chi connectivity index (χ0n) is 9.90. The monoisotopic (exact) mass is 261 g/mol. The number of nitrogens with one attached hydrogen (secondary N) is 1. The smallest absolute Gasteiger partial charge is 0.202 e. The molecule has 2 aromatic rings. The molecule has 0 spiro atoms. The average molecular weight is 262 g/mol. The predicted octanol–water partition coefficient (Wildman–Crippen LogP) is 2.30. The van der Waals surface area contributed by atoms with E-state index < -0.39 is 0 Å². The number of hydrogen-bond donors (Lipinski definition) is 1. The quantitative estimate of drug-likeness (QED) is 0.801. The van der Waals surface area contributed by atoms with Crippen LogP contribution in [-0.4, -0.2) is 29.4 Å². The van der Waals surface area contributed by atoms with Crippen molar-refractivity contribution in [3.8, 4) is 0 Å². The molecule has 1 aromatic heterocycles. The van der Waals surface area contributed by atoms with Crippen molar-refractivity contribution in [1.29, 1.82) is 0 Å². The van der Waals surface area contributed by atoms with Gasteiger partial charge in [0.25, 0.3) is 0 Å². The molecule has 1 aliphatic heterocycles. The zero-order valence-corrected chi connectivity index (χ0v) is 10.7. The average Bonchev–Trinajstić information content (AvgIpc) is 2.93. The maximum Gasteiger partial charge on any atom is 0.202 e. The molecule has 0 radical (unpaired) electrons. The van der Waals surface area contributed by atoms with Crippen molar-refractivity contribution in [2.45, 2.75) is 6.92 Å². The Kier molecular flexibility index (Phi) is 2.59. The Morgan fingerprint density at radius 1 is 1.50 bits per heavy atom. The minimum Gasteiger partial charge on any atom is -0.354 e. The summed E-state index contributed by atoms with van der Waals surface area (Å²) in [7, 11) is 0. The molecule has 0 fully saturated rings. The standard InChI is InChI=1S/C13H12ClN3O/c1-8(18)11-7-17(13-15-4-5-16-13)12-3-2-9(14)6-10(11)12/h2-3,6-7H,4-5H2,1H3,(H,15,16). The molecule has 3 rings (SSSR count). The fourth-order valence-corrected chi connectivity index (χ4v) is 2.38. The van der Waals surface area contributed by atoms with Crippen LogP contribution in [-0.2, 0) is 0 Å². The van der Waals surface area contributed by atoms with Gasteiger partial charge in [0.15, 0.2) is 5.78 Å². The van der Waals surface area contributed by atoms with E-state index in [0.717, 1.165) is 30.0 Å². The van der Waals surface area contributed by atoms with Crippen molar-refractivity contribution in [3.05, 3.63) is 35.0 Å². The van der Waals surface area contributed by atoms with Gasteiger partial charge in [-0.2, -0.15) is 0 Å². The molecular weight excluding hydrogens is 250 g/mol. The molecule has 0 atom stereocenters. The minimum atomic E-state index is 0.0274. The van der Waals surface area contributed by atoms with E-state index in [-0.39, 0.29) is 5.78 Å². The lowest BCUT2D eigenvalue weighted by Gasteiger charge is -2.04. The number of aliphatic imine (C=N–C) groups is 1. The van der Waals surface area contributed by atoms with Gasteiger partial charge >= 0.3 is 0 Å². The molecule has 0 unspecified atom stereocenters. The van der Waals surface area contributed by atoms with Crippen LogP contribution < -0.4 is 5.32 Å². The molecule has 0 saturated heterocycles. The van der Waals surface area contributed by atoms with Crippen LogP contribution in [0.25, 0.3) is 10.9 Å². The molecule has 1 aromatic carbocycles. The van der Waals surface area contributed by atoms with Gasteiger partial charge in [-0.15, -0.1) is 0 Å². The second kappa shape index (κ2) is 4.14. The molecule has 1 N–H and O–H groups in total. The Labute approximate surface area is 109 Å². The first kappa shape index (κ1) is 11.3. The van der Waals surface area contributed by atoms with E-state index in [1.807, 2.05) is 29.0 Å². The van der Waals surface area contributed by atoms with Crippen molar-refractivity contribution in [2.24, 2.45) is 4.99 Å². The van der Waals surface area contributed by atoms with Crippen LogP contribution in [0.2, 0.25) is 5.02 Å². The predicted molar refractivity (Wildman–Crippen MR) is 72.7 cm³/mol. The number of benzene rings is 1. The van der Waals surface area contributed by atoms with Gasteiger partial charge in [-0.05, 0) is 25.1 Å². The number of halogens is 1. The molecule has 2 heterocycles. The Bertz CT molecular complexity index is 672. The summed E-state index contributed by atoms with van der Waals surface area (Å²) in [6, 6.07) is 5.55. The van der Waals surface area contributed by atoms with Gasteiger partial charge < -0.3 is 5.32 Å². The second-order valence-electron chi connectivity index (χ2n) is 4.26. The fourth-order valence-electron chi connectivity index (χ4n) is 2.20. The highest BCUT2D eigenvalue weighted by Crippen LogP contribution is 2.25. The first-order chi connectivity index (χ1) is 8.66. The fraction of sp³-hybridized carbons (Fsp3) is 0.231. The van der Waals surface area contributed by atoms with Crippen LogP contribution in [0.4, 0.5) is 0 Å². The third kappa shape index (κ3) is 1.69. The number of ketones is 1. The third-order valence-corrected chi connectivity index (χ3v) is 3.27. The van der Waals surface area contributed by atoms with E-state index in [2.05, 4.69) is 10.3 Å². The molecule has 0 amide bonds. The first-order valence-corrected chi connectivity index (χ1v) is 6.15. The highest BCUT2D eigenvalue weighted by atomic mass is 35.5. The van der Waals surface area contributed by atoms with Crippen LogP contribution in [0.5, 0.6) is 0 Å². The normalized spacial score (nSPS) is 14.7. The molecule has 0 saturated carbocycles. The highest BCUT2D eigenvalue weighted by Gasteiger charge is 2.16. The van der Waals surface area contributed by atoms with E-state index in [0.29, 0.717) is 10.6 Å². The topological polar surface area (TPSA) is 46.4 Å². The SMILES string of the molecule is CC(=O)c1cn(C2=NCCN2)c2ccc(Cl)cc12. The maximum absolute atomic E-state index is 11.7. The lowest BCUT2D eigenvalue weighted by molar-refractivity contribution is 0.101. The summed E-state index contributed by atoms with van der Waals surface area (Å²) in [6.45, 7) is 3.15. The van der Waals surface area contributed by atoms with Gasteiger partial charge in [-0.1, -0.05) is 11.6 Å². The summed E-state index contributed by atoms with van der Waals surface area (Å²) >= 11 is 6.00. The Hall–Kier alpha value is -1.81. The summed E-state index contributed by atoms with van der Waals surface area (Å²) < 4.78 is 1.91. The lowest BCUT2D eigenvalue weighted by Crippen LogP contribution is -2.25. The molecular formula is C13H12ClN3O. The largest absolute Gasteiger partial charge is 0.354 e. The zero-order chi connectivity index (χ0) is 12.7. The van der Waals surface area contributed by atoms with Crippen molar-refractivity contribution in [3.63, 3.8) is 0 Å². The number of aromatic nitrogens is 1. The third-order valence-electron chi connectivity index (χ3n) is 3.03. The highest BCUT2D eigenvalue weighted by molar-refractivity contribution is 6.31. The molecule has 5 heteroatoms. The molecule has 0 aliphatic carbocycles. The number of carbonyl (C=O) groups excluding carboxylic acids is 1. The number of rotatable bonds is 1. The van der Waals surface area contributed by atoms with Crippen LogP contribution in [0.15, 0.2) is 29.4 Å². The van der Waals surface area contributed by atoms with E-state index >= 15 is 0 Å². The number of carbonyl (C=O) groups is 1. The summed E-state index contributed by atoms with van der Waals surface area (Å²) in [5, 5.41) is 4.70. The van der Waals surface area contributed by atoms with E-state index in [4.69, 9.17) is 11.6 Å². The van der Waals surface area contributed by atoms with Gasteiger partial charge in [0, 0.05) is 28.7 Å². The van der Waals surface area contributed by atoms with Crippen molar-refractivity contribution < 1.29 is 4.79 Å². The van der Waals surface area contributed by atoms with Crippen LogP contribution in [0, 0.1) is 0 Å². The minimum absolute atomic E-state index is 0.0274.